The Morgan fingerprint density at radius 3 is 2.55 bits per heavy atom. The molecule has 11 heavy (non-hydrogen) atoms. The molecule has 1 saturated carbocycles. The molecule has 4 nitrogen and oxygen atoms in total. The van der Waals surface area contributed by atoms with E-state index in [2.05, 4.69) is 0 Å². The van der Waals surface area contributed by atoms with E-state index in [1.54, 1.807) is 0 Å². The van der Waals surface area contributed by atoms with Crippen LogP contribution >= 0.6 is 0 Å². The number of carboxylic acid groups (broad SMARTS) is 1. The Bertz CT molecular complexity index is 217. The number of aliphatic carboxylic acids is 1. The summed E-state index contributed by atoms with van der Waals surface area (Å²) in [6.07, 6.45) is 0.671. The van der Waals surface area contributed by atoms with Crippen LogP contribution in [0.1, 0.15) is 19.3 Å². The first-order valence-electron chi connectivity index (χ1n) is 3.54. The van der Waals surface area contributed by atoms with Crippen molar-refractivity contribution < 1.29 is 19.4 Å². The Morgan fingerprint density at radius 2 is 2.18 bits per heavy atom. The molecule has 1 unspecified atom stereocenters. The number of carboxylic acids is 1. The molecule has 1 aliphatic carbocycles. The summed E-state index contributed by atoms with van der Waals surface area (Å²) in [6.45, 7) is 0. The van der Waals surface area contributed by atoms with Crippen LogP contribution in [0.3, 0.4) is 0 Å². The zero-order valence-electron chi connectivity index (χ0n) is 5.87. The van der Waals surface area contributed by atoms with Crippen LogP contribution in [-0.2, 0) is 14.3 Å². The summed E-state index contributed by atoms with van der Waals surface area (Å²) in [6, 6.07) is 0. The van der Waals surface area contributed by atoms with Gasteiger partial charge >= 0.3 is 5.97 Å². The predicted octanol–water partition coefficient (Wildman–Crippen LogP) is -0.0384. The summed E-state index contributed by atoms with van der Waals surface area (Å²) < 4.78 is 5.07. The number of ketones is 1. The third-order valence-corrected chi connectivity index (χ3v) is 2.26. The van der Waals surface area contributed by atoms with Gasteiger partial charge in [0.25, 0.3) is 0 Å². The third-order valence-electron chi connectivity index (χ3n) is 2.26. The molecule has 2 rings (SSSR count). The Kier molecular flexibility index (Phi) is 1.12. The maximum absolute atomic E-state index is 10.6. The Morgan fingerprint density at radius 1 is 1.64 bits per heavy atom. The minimum atomic E-state index is -0.921. The first-order chi connectivity index (χ1) is 5.11. The molecule has 2 aliphatic rings. The zero-order chi connectivity index (χ0) is 8.06. The smallest absolute Gasteiger partial charge is 0.332 e. The van der Waals surface area contributed by atoms with Gasteiger partial charge in [-0.1, -0.05) is 0 Å². The lowest BCUT2D eigenvalue weighted by atomic mass is 9.71. The number of ether oxygens (including phenoxy) is 1. The van der Waals surface area contributed by atoms with E-state index in [9.17, 15) is 9.59 Å². The topological polar surface area (TPSA) is 63.6 Å². The van der Waals surface area contributed by atoms with Crippen molar-refractivity contribution in [3.63, 3.8) is 0 Å². The van der Waals surface area contributed by atoms with Crippen molar-refractivity contribution in [2.24, 2.45) is 0 Å². The molecule has 1 N–H and O–H groups in total. The average Bonchev–Trinajstić information content (AvgIpc) is 1.73. The van der Waals surface area contributed by atoms with Crippen molar-refractivity contribution in [2.75, 3.05) is 0 Å². The van der Waals surface area contributed by atoms with Gasteiger partial charge < -0.3 is 9.84 Å². The predicted molar refractivity (Wildman–Crippen MR) is 34.1 cm³/mol. The van der Waals surface area contributed by atoms with Crippen molar-refractivity contribution in [2.45, 2.75) is 31.0 Å². The van der Waals surface area contributed by atoms with Crippen LogP contribution in [0.2, 0.25) is 0 Å². The lowest BCUT2D eigenvalue weighted by Gasteiger charge is -2.50. The first-order valence-corrected chi connectivity index (χ1v) is 3.54. The molecule has 0 aromatic carbocycles. The SMILES string of the molecule is O=C1CC2(C1)CC(C(=O)O)O2. The molecule has 0 radical (unpaired) electrons. The van der Waals surface area contributed by atoms with E-state index in [1.807, 2.05) is 0 Å². The van der Waals surface area contributed by atoms with E-state index >= 15 is 0 Å². The van der Waals surface area contributed by atoms with Gasteiger partial charge in [0.15, 0.2) is 6.10 Å². The highest BCUT2D eigenvalue weighted by molar-refractivity contribution is 5.88. The second kappa shape index (κ2) is 1.82. The zero-order valence-corrected chi connectivity index (χ0v) is 5.87. The molecule has 1 spiro atoms. The lowest BCUT2D eigenvalue weighted by molar-refractivity contribution is -0.238. The van der Waals surface area contributed by atoms with Gasteiger partial charge in [0.05, 0.1) is 5.60 Å². The summed E-state index contributed by atoms with van der Waals surface area (Å²) >= 11 is 0. The number of carbonyl (C=O) groups excluding carboxylic acids is 1. The molecule has 0 aromatic heterocycles. The van der Waals surface area contributed by atoms with E-state index in [0.717, 1.165) is 0 Å². The number of carbonyl (C=O) groups is 2. The highest BCUT2D eigenvalue weighted by Gasteiger charge is 2.56. The fourth-order valence-electron chi connectivity index (χ4n) is 1.66. The van der Waals surface area contributed by atoms with Gasteiger partial charge in [-0.05, 0) is 0 Å². The van der Waals surface area contributed by atoms with Crippen LogP contribution in [0.15, 0.2) is 0 Å². The van der Waals surface area contributed by atoms with E-state index in [0.29, 0.717) is 19.3 Å². The van der Waals surface area contributed by atoms with Crippen molar-refractivity contribution in [1.82, 2.24) is 0 Å². The second-order valence-electron chi connectivity index (χ2n) is 3.22. The van der Waals surface area contributed by atoms with Crippen LogP contribution in [0.25, 0.3) is 0 Å². The highest BCUT2D eigenvalue weighted by Crippen LogP contribution is 2.45. The maximum atomic E-state index is 10.6. The third kappa shape index (κ3) is 0.860. The van der Waals surface area contributed by atoms with Crippen LogP contribution in [0.4, 0.5) is 0 Å². The standard InChI is InChI=1S/C7H8O4/c8-4-1-7(2-4)3-5(11-7)6(9)10/h5H,1-3H2,(H,9,10). The van der Waals surface area contributed by atoms with E-state index in [4.69, 9.17) is 9.84 Å². The summed E-state index contributed by atoms with van der Waals surface area (Å²) in [5, 5.41) is 8.44. The lowest BCUT2D eigenvalue weighted by Crippen LogP contribution is -2.61. The largest absolute Gasteiger partial charge is 0.479 e. The van der Waals surface area contributed by atoms with Gasteiger partial charge in [-0.3, -0.25) is 4.79 Å². The van der Waals surface area contributed by atoms with Crippen molar-refractivity contribution >= 4 is 11.8 Å². The van der Waals surface area contributed by atoms with Gasteiger partial charge in [0.1, 0.15) is 5.78 Å². The summed E-state index contributed by atoms with van der Waals surface area (Å²) in [4.78, 5) is 20.8. The Hall–Kier alpha value is -0.900. The minimum absolute atomic E-state index is 0.175. The molecule has 4 heteroatoms. The minimum Gasteiger partial charge on any atom is -0.479 e. The van der Waals surface area contributed by atoms with Crippen LogP contribution in [0.5, 0.6) is 0 Å². The number of Topliss-reactive ketones (excluding diaryl/α,β-unsaturated/α-hetero) is 1. The fourth-order valence-corrected chi connectivity index (χ4v) is 1.66. The molecule has 2 fully saturated rings. The fraction of sp³-hybridized carbons (Fsp3) is 0.714. The molecule has 0 bridgehead atoms. The van der Waals surface area contributed by atoms with Gasteiger partial charge in [-0.15, -0.1) is 0 Å². The summed E-state index contributed by atoms with van der Waals surface area (Å²) in [7, 11) is 0. The van der Waals surface area contributed by atoms with Gasteiger partial charge in [0.2, 0.25) is 0 Å². The molecule has 1 aliphatic heterocycles. The van der Waals surface area contributed by atoms with Crippen molar-refractivity contribution in [3.05, 3.63) is 0 Å². The van der Waals surface area contributed by atoms with Crippen LogP contribution in [0, 0.1) is 0 Å². The molecule has 0 amide bonds. The van der Waals surface area contributed by atoms with E-state index < -0.39 is 12.1 Å². The summed E-state index contributed by atoms with van der Waals surface area (Å²) in [5.41, 5.74) is -0.361. The maximum Gasteiger partial charge on any atom is 0.332 e. The van der Waals surface area contributed by atoms with Crippen LogP contribution in [-0.4, -0.2) is 28.6 Å². The average molecular weight is 156 g/mol. The molecular weight excluding hydrogens is 148 g/mol. The highest BCUT2D eigenvalue weighted by atomic mass is 16.6. The molecule has 1 saturated heterocycles. The molecule has 60 valence electrons. The van der Waals surface area contributed by atoms with Crippen molar-refractivity contribution in [3.8, 4) is 0 Å². The number of hydrogen-bond acceptors (Lipinski definition) is 3. The number of rotatable bonds is 1. The Balaban J connectivity index is 1.89. The molecule has 0 aromatic rings. The quantitative estimate of drug-likeness (QED) is 0.578. The van der Waals surface area contributed by atoms with Gasteiger partial charge in [-0.25, -0.2) is 4.79 Å². The Labute approximate surface area is 63.1 Å². The van der Waals surface area contributed by atoms with Crippen LogP contribution < -0.4 is 0 Å². The molecular formula is C7H8O4. The second-order valence-corrected chi connectivity index (χ2v) is 3.22. The monoisotopic (exact) mass is 156 g/mol. The van der Waals surface area contributed by atoms with E-state index in [-0.39, 0.29) is 11.4 Å². The number of hydrogen-bond donors (Lipinski definition) is 1. The normalized spacial score (nSPS) is 32.7. The summed E-state index contributed by atoms with van der Waals surface area (Å²) in [5.74, 6) is -0.746. The molecule has 1 atom stereocenters. The molecule has 1 heterocycles. The van der Waals surface area contributed by atoms with Gasteiger partial charge in [0, 0.05) is 19.3 Å². The van der Waals surface area contributed by atoms with Crippen molar-refractivity contribution in [1.29, 1.82) is 0 Å². The van der Waals surface area contributed by atoms with E-state index in [1.165, 1.54) is 0 Å². The first kappa shape index (κ1) is 6.79. The van der Waals surface area contributed by atoms with Gasteiger partial charge in [-0.2, -0.15) is 0 Å².